The molecule has 0 amide bonds. The Hall–Kier alpha value is -2.29. The van der Waals surface area contributed by atoms with Gasteiger partial charge < -0.3 is 24.8 Å². The van der Waals surface area contributed by atoms with Crippen LogP contribution in [0.5, 0.6) is 0 Å². The van der Waals surface area contributed by atoms with Crippen molar-refractivity contribution in [3.63, 3.8) is 0 Å². The molecule has 2 bridgehead atoms. The number of carbonyl (C=O) groups excluding carboxylic acids is 3. The molecule has 8 atom stereocenters. The van der Waals surface area contributed by atoms with Gasteiger partial charge in [-0.1, -0.05) is 58.8 Å². The monoisotopic (exact) mass is 544 g/mol. The highest BCUT2D eigenvalue weighted by Crippen LogP contribution is 2.75. The number of unbranched alkanes of at least 4 members (excludes halogenated alkanes) is 2. The molecule has 8 nitrogen and oxygen atoms in total. The molecule has 2 fully saturated rings. The molecule has 0 aromatic rings. The molecule has 8 heteroatoms. The van der Waals surface area contributed by atoms with Crippen LogP contribution in [0.2, 0.25) is 0 Å². The summed E-state index contributed by atoms with van der Waals surface area (Å²) in [6.07, 6.45) is 5.02. The van der Waals surface area contributed by atoms with Gasteiger partial charge in [-0.3, -0.25) is 9.59 Å². The minimum Gasteiger partial charge on any atom is -0.458 e. The molecule has 0 aliphatic heterocycles. The lowest BCUT2D eigenvalue weighted by atomic mass is 9.59. The smallest absolute Gasteiger partial charge is 0.334 e. The second-order valence-electron chi connectivity index (χ2n) is 12.7. The molecule has 0 radical (unpaired) electrons. The van der Waals surface area contributed by atoms with Crippen molar-refractivity contribution >= 4 is 17.7 Å². The van der Waals surface area contributed by atoms with E-state index in [2.05, 4.69) is 6.92 Å². The minimum absolute atomic E-state index is 0.0876. The largest absolute Gasteiger partial charge is 0.458 e. The van der Waals surface area contributed by atoms with E-state index in [0.717, 1.165) is 19.3 Å². The van der Waals surface area contributed by atoms with Crippen LogP contribution in [0.25, 0.3) is 0 Å². The van der Waals surface area contributed by atoms with Crippen molar-refractivity contribution in [3.8, 4) is 0 Å². The SMILES string of the molecule is C/C=C(/C)C(=O)O[C@H]1C(C)=C[C@]23C(=O)[C@@H](C=C(CO)[C@@H](O)[C@]12O)[C@@H]1C(C)(C)[C@]1(OC(=O)CCCCC)C[C@H]3C. The summed E-state index contributed by atoms with van der Waals surface area (Å²) in [5.41, 5.74) is -4.51. The fourth-order valence-electron chi connectivity index (χ4n) is 7.99. The lowest BCUT2D eigenvalue weighted by Crippen LogP contribution is -2.66. The summed E-state index contributed by atoms with van der Waals surface area (Å²) < 4.78 is 12.0. The number of rotatable bonds is 8. The number of fused-ring (bicyclic) bond motifs is 3. The Morgan fingerprint density at radius 1 is 1.23 bits per heavy atom. The van der Waals surface area contributed by atoms with Crippen molar-refractivity contribution in [3.05, 3.63) is 34.9 Å². The molecule has 216 valence electrons. The molecule has 0 saturated heterocycles. The number of ether oxygens (including phenoxy) is 2. The Labute approximate surface area is 231 Å². The zero-order chi connectivity index (χ0) is 29.1. The molecule has 0 unspecified atom stereocenters. The highest BCUT2D eigenvalue weighted by molar-refractivity contribution is 5.96. The fourth-order valence-corrected chi connectivity index (χ4v) is 7.99. The first-order valence-corrected chi connectivity index (χ1v) is 14.2. The van der Waals surface area contributed by atoms with Crippen LogP contribution in [-0.2, 0) is 23.9 Å². The molecule has 39 heavy (non-hydrogen) atoms. The zero-order valence-electron chi connectivity index (χ0n) is 24.2. The second-order valence-corrected chi connectivity index (χ2v) is 12.7. The van der Waals surface area contributed by atoms with Crippen molar-refractivity contribution in [2.45, 2.75) is 104 Å². The van der Waals surface area contributed by atoms with E-state index in [0.29, 0.717) is 17.6 Å². The van der Waals surface area contributed by atoms with Crippen LogP contribution in [0.1, 0.15) is 80.6 Å². The summed E-state index contributed by atoms with van der Waals surface area (Å²) in [5.74, 6) is -3.10. The van der Waals surface area contributed by atoms with Crippen LogP contribution in [0.15, 0.2) is 34.9 Å². The van der Waals surface area contributed by atoms with E-state index < -0.39 is 64.6 Å². The van der Waals surface area contributed by atoms with E-state index in [1.54, 1.807) is 39.0 Å². The van der Waals surface area contributed by atoms with Gasteiger partial charge in [0, 0.05) is 29.2 Å². The summed E-state index contributed by atoms with van der Waals surface area (Å²) in [5, 5.41) is 34.5. The summed E-state index contributed by atoms with van der Waals surface area (Å²) in [4.78, 5) is 40.5. The van der Waals surface area contributed by atoms with Crippen LogP contribution in [-0.4, -0.2) is 63.1 Å². The van der Waals surface area contributed by atoms with Crippen LogP contribution < -0.4 is 0 Å². The van der Waals surface area contributed by atoms with Gasteiger partial charge in [0.15, 0.2) is 17.5 Å². The standard InChI is InChI=1S/C31H44O8/c1-8-10-11-12-22(33)39-30-15-19(5)29-14-18(4)26(38-27(36)17(3)9-2)31(29,37)24(34)20(16-32)13-21(25(29)35)23(30)28(30,6)7/h9,13-14,19,21,23-24,26,32,34,37H,8,10-12,15-16H2,1-7H3/b17-9-/t19-,21+,23-,24-,26+,29+,30+,31+/m1/s1. The van der Waals surface area contributed by atoms with Crippen LogP contribution in [0.3, 0.4) is 0 Å². The number of aliphatic hydroxyl groups is 3. The van der Waals surface area contributed by atoms with Gasteiger partial charge in [0.1, 0.15) is 11.7 Å². The van der Waals surface area contributed by atoms with Gasteiger partial charge >= 0.3 is 11.9 Å². The molecule has 4 aliphatic rings. The van der Waals surface area contributed by atoms with E-state index in [4.69, 9.17) is 9.47 Å². The first kappa shape index (κ1) is 29.7. The highest BCUT2D eigenvalue weighted by atomic mass is 16.6. The first-order valence-electron chi connectivity index (χ1n) is 14.2. The second kappa shape index (κ2) is 9.96. The van der Waals surface area contributed by atoms with Gasteiger partial charge in [-0.05, 0) is 50.7 Å². The van der Waals surface area contributed by atoms with E-state index in [9.17, 15) is 29.7 Å². The van der Waals surface area contributed by atoms with Crippen molar-refractivity contribution in [1.82, 2.24) is 0 Å². The van der Waals surface area contributed by atoms with E-state index in [-0.39, 0.29) is 23.7 Å². The van der Waals surface area contributed by atoms with Crippen molar-refractivity contribution in [2.24, 2.45) is 28.6 Å². The van der Waals surface area contributed by atoms with Crippen molar-refractivity contribution in [2.75, 3.05) is 6.61 Å². The molecule has 0 aromatic heterocycles. The van der Waals surface area contributed by atoms with E-state index >= 15 is 0 Å². The fraction of sp³-hybridized carbons (Fsp3) is 0.710. The van der Waals surface area contributed by atoms with E-state index in [1.165, 1.54) is 0 Å². The Bertz CT molecular complexity index is 1150. The third-order valence-corrected chi connectivity index (χ3v) is 10.3. The number of Topliss-reactive ketones (excluding diaryl/α,β-unsaturated/α-hetero) is 1. The van der Waals surface area contributed by atoms with Crippen molar-refractivity contribution in [1.29, 1.82) is 0 Å². The number of aliphatic hydroxyl groups excluding tert-OH is 2. The number of esters is 2. The molecule has 0 heterocycles. The molecule has 3 N–H and O–H groups in total. The number of hydrogen-bond acceptors (Lipinski definition) is 8. The molecular weight excluding hydrogens is 500 g/mol. The Balaban J connectivity index is 1.85. The van der Waals surface area contributed by atoms with Gasteiger partial charge in [-0.25, -0.2) is 4.79 Å². The average molecular weight is 545 g/mol. The maximum atomic E-state index is 14.7. The summed E-state index contributed by atoms with van der Waals surface area (Å²) in [6, 6.07) is 0. The maximum absolute atomic E-state index is 14.7. The predicted octanol–water partition coefficient (Wildman–Crippen LogP) is 3.58. The van der Waals surface area contributed by atoms with Crippen LogP contribution in [0.4, 0.5) is 0 Å². The van der Waals surface area contributed by atoms with Gasteiger partial charge in [0.05, 0.1) is 12.0 Å². The quantitative estimate of drug-likeness (QED) is 0.183. The lowest BCUT2D eigenvalue weighted by molar-refractivity contribution is -0.203. The first-order chi connectivity index (χ1) is 18.2. The number of allylic oxidation sites excluding steroid dienone is 2. The van der Waals surface area contributed by atoms with Crippen LogP contribution >= 0.6 is 0 Å². The van der Waals surface area contributed by atoms with Gasteiger partial charge in [-0.15, -0.1) is 0 Å². The Morgan fingerprint density at radius 3 is 2.49 bits per heavy atom. The van der Waals surface area contributed by atoms with Gasteiger partial charge in [0.25, 0.3) is 0 Å². The molecule has 2 saturated carbocycles. The predicted molar refractivity (Wildman–Crippen MR) is 144 cm³/mol. The molecule has 4 rings (SSSR count). The van der Waals surface area contributed by atoms with Crippen LogP contribution in [0, 0.1) is 28.6 Å². The lowest BCUT2D eigenvalue weighted by Gasteiger charge is -2.49. The molecule has 0 aromatic carbocycles. The maximum Gasteiger partial charge on any atom is 0.334 e. The van der Waals surface area contributed by atoms with Gasteiger partial charge in [0.2, 0.25) is 0 Å². The third kappa shape index (κ3) is 3.92. The third-order valence-electron chi connectivity index (χ3n) is 10.3. The summed E-state index contributed by atoms with van der Waals surface area (Å²) in [6.45, 7) is 12.2. The Kier molecular flexibility index (Phi) is 7.58. The minimum atomic E-state index is -2.26. The number of carbonyl (C=O) groups is 3. The molecule has 4 aliphatic carbocycles. The zero-order valence-corrected chi connectivity index (χ0v) is 24.2. The summed E-state index contributed by atoms with van der Waals surface area (Å²) >= 11 is 0. The normalized spacial score (nSPS) is 40.4. The van der Waals surface area contributed by atoms with Crippen molar-refractivity contribution < 1.29 is 39.2 Å². The number of ketones is 1. The van der Waals surface area contributed by atoms with Gasteiger partial charge in [-0.2, -0.15) is 0 Å². The molecule has 1 spiro atoms. The highest BCUT2D eigenvalue weighted by Gasteiger charge is 2.83. The van der Waals surface area contributed by atoms with E-state index in [1.807, 2.05) is 20.8 Å². The molecular formula is C31H44O8. The number of hydrogen-bond donors (Lipinski definition) is 3. The topological polar surface area (TPSA) is 130 Å². The average Bonchev–Trinajstić information content (AvgIpc) is 3.28. The summed E-state index contributed by atoms with van der Waals surface area (Å²) in [7, 11) is 0. The Morgan fingerprint density at radius 2 is 1.90 bits per heavy atom.